The van der Waals surface area contributed by atoms with Crippen LogP contribution >= 0.6 is 22.9 Å². The summed E-state index contributed by atoms with van der Waals surface area (Å²) < 4.78 is 27.9. The molecule has 154 valence electrons. The van der Waals surface area contributed by atoms with Crippen molar-refractivity contribution in [2.24, 2.45) is 4.99 Å². The summed E-state index contributed by atoms with van der Waals surface area (Å²) in [7, 11) is -3.44. The Hall–Kier alpha value is -1.96. The van der Waals surface area contributed by atoms with Gasteiger partial charge < -0.3 is 4.57 Å². The molecule has 0 fully saturated rings. The van der Waals surface area contributed by atoms with E-state index in [1.54, 1.807) is 12.1 Å². The summed E-state index contributed by atoms with van der Waals surface area (Å²) in [4.78, 5) is 17.5. The van der Waals surface area contributed by atoms with Crippen molar-refractivity contribution in [3.63, 3.8) is 0 Å². The summed E-state index contributed by atoms with van der Waals surface area (Å²) in [6.45, 7) is 6.85. The molecule has 0 aliphatic heterocycles. The third kappa shape index (κ3) is 4.97. The molecular formula is C21H23ClN2O3S2. The van der Waals surface area contributed by atoms with E-state index in [9.17, 15) is 13.2 Å². The van der Waals surface area contributed by atoms with Crippen LogP contribution in [0.15, 0.2) is 46.3 Å². The van der Waals surface area contributed by atoms with Crippen LogP contribution in [0.25, 0.3) is 10.2 Å². The number of thiazole rings is 1. The van der Waals surface area contributed by atoms with Crippen LogP contribution in [-0.4, -0.2) is 24.6 Å². The Kier molecular flexibility index (Phi) is 6.61. The van der Waals surface area contributed by atoms with E-state index in [0.717, 1.165) is 10.2 Å². The van der Waals surface area contributed by atoms with Crippen LogP contribution in [0.2, 0.25) is 5.02 Å². The summed E-state index contributed by atoms with van der Waals surface area (Å²) >= 11 is 7.28. The highest BCUT2D eigenvalue weighted by atomic mass is 35.5. The van der Waals surface area contributed by atoms with Crippen molar-refractivity contribution in [2.75, 3.05) is 5.75 Å². The van der Waals surface area contributed by atoms with Crippen molar-refractivity contribution in [3.8, 4) is 0 Å². The number of aryl methyl sites for hydroxylation is 3. The lowest BCUT2D eigenvalue weighted by atomic mass is 10.1. The van der Waals surface area contributed by atoms with Gasteiger partial charge in [0.1, 0.15) is 0 Å². The average molecular weight is 451 g/mol. The van der Waals surface area contributed by atoms with Crippen LogP contribution in [0.4, 0.5) is 0 Å². The van der Waals surface area contributed by atoms with E-state index < -0.39 is 9.84 Å². The van der Waals surface area contributed by atoms with Crippen molar-refractivity contribution in [1.82, 2.24) is 4.57 Å². The SMILES string of the molecule is CCn1c(=NC(=O)CCCS(=O)(=O)c2ccc(Cl)cc2)sc2cc(C)c(C)cc21. The summed E-state index contributed by atoms with van der Waals surface area (Å²) in [6.07, 6.45) is 0.311. The van der Waals surface area contributed by atoms with E-state index in [1.807, 2.05) is 11.5 Å². The standard InChI is InChI=1S/C21H23ClN2O3S2/c1-4-24-18-12-14(2)15(3)13-19(18)28-21(24)23-20(25)6-5-11-29(26,27)17-9-7-16(22)8-10-17/h7-10,12-13H,4-6,11H2,1-3H3. The minimum absolute atomic E-state index is 0.0861. The highest BCUT2D eigenvalue weighted by Gasteiger charge is 2.15. The lowest BCUT2D eigenvalue weighted by molar-refractivity contribution is -0.118. The zero-order chi connectivity index (χ0) is 21.2. The van der Waals surface area contributed by atoms with Crippen molar-refractivity contribution < 1.29 is 13.2 Å². The molecule has 0 spiro atoms. The second-order valence-electron chi connectivity index (χ2n) is 6.91. The number of sulfone groups is 1. The Morgan fingerprint density at radius 2 is 1.79 bits per heavy atom. The number of fused-ring (bicyclic) bond motifs is 1. The molecule has 0 aliphatic carbocycles. The van der Waals surface area contributed by atoms with E-state index in [4.69, 9.17) is 11.6 Å². The van der Waals surface area contributed by atoms with E-state index >= 15 is 0 Å². The third-order valence-electron chi connectivity index (χ3n) is 4.81. The number of hydrogen-bond acceptors (Lipinski definition) is 4. The molecule has 0 saturated carbocycles. The predicted octanol–water partition coefficient (Wildman–Crippen LogP) is 4.67. The molecule has 8 heteroatoms. The minimum atomic E-state index is -3.44. The van der Waals surface area contributed by atoms with Gasteiger partial charge in [-0.25, -0.2) is 8.42 Å². The van der Waals surface area contributed by atoms with Crippen LogP contribution < -0.4 is 4.80 Å². The van der Waals surface area contributed by atoms with Gasteiger partial charge in [0.05, 0.1) is 20.9 Å². The van der Waals surface area contributed by atoms with Crippen LogP contribution in [0.5, 0.6) is 0 Å². The third-order valence-corrected chi connectivity index (χ3v) is 7.92. The van der Waals surface area contributed by atoms with Crippen LogP contribution in [-0.2, 0) is 21.2 Å². The van der Waals surface area contributed by atoms with Crippen molar-refractivity contribution >= 4 is 48.9 Å². The lowest BCUT2D eigenvalue weighted by Gasteiger charge is -2.04. The molecule has 1 amide bonds. The maximum absolute atomic E-state index is 12.4. The molecule has 5 nitrogen and oxygen atoms in total. The maximum atomic E-state index is 12.4. The number of benzene rings is 2. The van der Waals surface area contributed by atoms with E-state index in [2.05, 4.69) is 31.0 Å². The first-order valence-corrected chi connectivity index (χ1v) is 12.2. The quantitative estimate of drug-likeness (QED) is 0.547. The number of halogens is 1. The van der Waals surface area contributed by atoms with Gasteiger partial charge in [-0.2, -0.15) is 4.99 Å². The van der Waals surface area contributed by atoms with Gasteiger partial charge in [0, 0.05) is 18.0 Å². The Bertz CT molecular complexity index is 1220. The first-order chi connectivity index (χ1) is 13.7. The Labute approximate surface area is 179 Å². The molecule has 0 unspecified atom stereocenters. The van der Waals surface area contributed by atoms with Crippen molar-refractivity contribution in [2.45, 2.75) is 45.1 Å². The molecule has 1 heterocycles. The fourth-order valence-corrected chi connectivity index (χ4v) is 5.68. The molecule has 2 aromatic carbocycles. The summed E-state index contributed by atoms with van der Waals surface area (Å²) in [6, 6.07) is 10.3. The number of aromatic nitrogens is 1. The summed E-state index contributed by atoms with van der Waals surface area (Å²) in [5.41, 5.74) is 3.47. The number of nitrogens with zero attached hydrogens (tertiary/aromatic N) is 2. The van der Waals surface area contributed by atoms with Gasteiger partial charge in [0.2, 0.25) is 5.91 Å². The Morgan fingerprint density at radius 1 is 1.14 bits per heavy atom. The molecule has 3 aromatic rings. The number of carbonyl (C=O) groups excluding carboxylic acids is 1. The molecule has 0 atom stereocenters. The number of carbonyl (C=O) groups is 1. The van der Waals surface area contributed by atoms with Crippen molar-refractivity contribution in [1.29, 1.82) is 0 Å². The maximum Gasteiger partial charge on any atom is 0.248 e. The number of rotatable bonds is 6. The van der Waals surface area contributed by atoms with Gasteiger partial charge in [0.25, 0.3) is 0 Å². The predicted molar refractivity (Wildman–Crippen MR) is 118 cm³/mol. The molecular weight excluding hydrogens is 428 g/mol. The van der Waals surface area contributed by atoms with E-state index in [-0.39, 0.29) is 29.4 Å². The normalized spacial score (nSPS) is 12.6. The molecule has 1 aromatic heterocycles. The highest BCUT2D eigenvalue weighted by Crippen LogP contribution is 2.22. The average Bonchev–Trinajstić information content (AvgIpc) is 2.98. The smallest absolute Gasteiger partial charge is 0.248 e. The molecule has 0 bridgehead atoms. The fourth-order valence-electron chi connectivity index (χ4n) is 3.05. The lowest BCUT2D eigenvalue weighted by Crippen LogP contribution is -2.16. The minimum Gasteiger partial charge on any atom is -0.317 e. The van der Waals surface area contributed by atoms with Crippen molar-refractivity contribution in [3.05, 3.63) is 57.3 Å². The van der Waals surface area contributed by atoms with Crippen LogP contribution in [0.3, 0.4) is 0 Å². The molecule has 0 N–H and O–H groups in total. The van der Waals surface area contributed by atoms with Gasteiger partial charge in [-0.05, 0) is 74.7 Å². The second-order valence-corrected chi connectivity index (χ2v) is 10.5. The first-order valence-electron chi connectivity index (χ1n) is 9.37. The Morgan fingerprint density at radius 3 is 2.45 bits per heavy atom. The van der Waals surface area contributed by atoms with Gasteiger partial charge >= 0.3 is 0 Å². The highest BCUT2D eigenvalue weighted by molar-refractivity contribution is 7.91. The molecule has 3 rings (SSSR count). The van der Waals surface area contributed by atoms with Gasteiger partial charge in [0.15, 0.2) is 14.6 Å². The van der Waals surface area contributed by atoms with Crippen LogP contribution in [0, 0.1) is 13.8 Å². The summed E-state index contributed by atoms with van der Waals surface area (Å²) in [5.74, 6) is -0.410. The largest absolute Gasteiger partial charge is 0.317 e. The van der Waals surface area contributed by atoms with Gasteiger partial charge in [-0.1, -0.05) is 22.9 Å². The topological polar surface area (TPSA) is 68.5 Å². The molecule has 0 saturated heterocycles. The fraction of sp³-hybridized carbons (Fsp3) is 0.333. The second kappa shape index (κ2) is 8.81. The first kappa shape index (κ1) is 21.7. The van der Waals surface area contributed by atoms with Gasteiger partial charge in [-0.3, -0.25) is 4.79 Å². The summed E-state index contributed by atoms with van der Waals surface area (Å²) in [5, 5.41) is 0.482. The van der Waals surface area contributed by atoms with E-state index in [0.29, 0.717) is 16.4 Å². The number of amides is 1. The Balaban J connectivity index is 1.75. The number of hydrogen-bond donors (Lipinski definition) is 0. The monoisotopic (exact) mass is 450 g/mol. The van der Waals surface area contributed by atoms with E-state index in [1.165, 1.54) is 34.6 Å². The van der Waals surface area contributed by atoms with Gasteiger partial charge in [-0.15, -0.1) is 0 Å². The molecule has 29 heavy (non-hydrogen) atoms. The molecule has 0 radical (unpaired) electrons. The zero-order valence-electron chi connectivity index (χ0n) is 16.6. The molecule has 0 aliphatic rings. The van der Waals surface area contributed by atoms with Crippen LogP contribution in [0.1, 0.15) is 30.9 Å². The zero-order valence-corrected chi connectivity index (χ0v) is 19.0.